The molecule has 0 radical (unpaired) electrons. The summed E-state index contributed by atoms with van der Waals surface area (Å²) in [5, 5.41) is 13.3. The Balaban J connectivity index is 1.82. The number of nitrogens with zero attached hydrogens (tertiary/aromatic N) is 6. The van der Waals surface area contributed by atoms with Crippen LogP contribution in [0.5, 0.6) is 0 Å². The summed E-state index contributed by atoms with van der Waals surface area (Å²) >= 11 is 5.99. The van der Waals surface area contributed by atoms with Gasteiger partial charge in [-0.3, -0.25) is 9.48 Å². The van der Waals surface area contributed by atoms with Gasteiger partial charge in [0.2, 0.25) is 0 Å². The molecule has 0 saturated heterocycles. The topological polar surface area (TPSA) is 68.8 Å². The second-order valence-electron chi connectivity index (χ2n) is 5.59. The number of hydrogen-bond donors (Lipinski definition) is 0. The lowest BCUT2D eigenvalue weighted by Crippen LogP contribution is -2.27. The Hall–Kier alpha value is -2.67. The van der Waals surface area contributed by atoms with Crippen LogP contribution in [0.25, 0.3) is 5.69 Å². The van der Waals surface area contributed by atoms with Gasteiger partial charge in [0.05, 0.1) is 17.6 Å². The van der Waals surface area contributed by atoms with Crippen molar-refractivity contribution >= 4 is 17.5 Å². The van der Waals surface area contributed by atoms with Crippen LogP contribution in [0.4, 0.5) is 0 Å². The number of aryl methyl sites for hydroxylation is 2. The molecule has 124 valence electrons. The van der Waals surface area contributed by atoms with Crippen molar-refractivity contribution in [2.45, 2.75) is 13.5 Å². The summed E-state index contributed by atoms with van der Waals surface area (Å²) in [7, 11) is 3.57. The van der Waals surface area contributed by atoms with E-state index in [4.69, 9.17) is 11.6 Å². The predicted octanol–water partition coefficient (Wildman–Crippen LogP) is 2.23. The highest BCUT2D eigenvalue weighted by Gasteiger charge is 2.20. The Morgan fingerprint density at radius 3 is 2.79 bits per heavy atom. The average Bonchev–Trinajstić information content (AvgIpc) is 3.12. The molecule has 2 heterocycles. The summed E-state index contributed by atoms with van der Waals surface area (Å²) in [6.07, 6.45) is 3.61. The number of carbonyl (C=O) groups is 1. The zero-order valence-corrected chi connectivity index (χ0v) is 14.4. The molecule has 0 aliphatic rings. The second kappa shape index (κ2) is 6.45. The largest absolute Gasteiger partial charge is 0.336 e. The maximum atomic E-state index is 12.6. The van der Waals surface area contributed by atoms with E-state index in [2.05, 4.69) is 15.3 Å². The van der Waals surface area contributed by atoms with Crippen molar-refractivity contribution in [3.8, 4) is 5.69 Å². The fraction of sp³-hybridized carbons (Fsp3) is 0.250. The van der Waals surface area contributed by atoms with E-state index in [0.717, 1.165) is 5.56 Å². The molecule has 0 fully saturated rings. The summed E-state index contributed by atoms with van der Waals surface area (Å²) in [6.45, 7) is 2.22. The molecule has 0 atom stereocenters. The van der Waals surface area contributed by atoms with E-state index in [1.165, 1.54) is 4.80 Å². The first-order valence-corrected chi connectivity index (χ1v) is 7.74. The van der Waals surface area contributed by atoms with E-state index >= 15 is 0 Å². The third-order valence-corrected chi connectivity index (χ3v) is 3.78. The first-order chi connectivity index (χ1) is 11.4. The minimum absolute atomic E-state index is 0.190. The van der Waals surface area contributed by atoms with Crippen molar-refractivity contribution in [1.82, 2.24) is 29.7 Å². The lowest BCUT2D eigenvalue weighted by Gasteiger charge is -2.14. The molecule has 24 heavy (non-hydrogen) atoms. The molecular formula is C16H17ClN6O. The highest BCUT2D eigenvalue weighted by Crippen LogP contribution is 2.15. The van der Waals surface area contributed by atoms with Gasteiger partial charge >= 0.3 is 0 Å². The molecule has 1 amide bonds. The summed E-state index contributed by atoms with van der Waals surface area (Å²) in [6, 6.07) is 7.16. The number of benzene rings is 1. The van der Waals surface area contributed by atoms with Crippen LogP contribution in [-0.4, -0.2) is 42.6 Å². The van der Waals surface area contributed by atoms with Gasteiger partial charge in [-0.25, -0.2) is 0 Å². The predicted molar refractivity (Wildman–Crippen MR) is 90.1 cm³/mol. The number of hydrogen-bond acceptors (Lipinski definition) is 4. The minimum atomic E-state index is -0.190. The molecule has 3 rings (SSSR count). The number of carbonyl (C=O) groups excluding carboxylic acids is 1. The molecule has 3 aromatic rings. The zero-order chi connectivity index (χ0) is 17.3. The van der Waals surface area contributed by atoms with Crippen LogP contribution in [0.1, 0.15) is 21.7 Å². The minimum Gasteiger partial charge on any atom is -0.336 e. The van der Waals surface area contributed by atoms with Crippen LogP contribution >= 0.6 is 11.6 Å². The van der Waals surface area contributed by atoms with Crippen molar-refractivity contribution in [2.75, 3.05) is 7.05 Å². The Labute approximate surface area is 144 Å². The lowest BCUT2D eigenvalue weighted by atomic mass is 10.3. The molecule has 0 spiro atoms. The fourth-order valence-corrected chi connectivity index (χ4v) is 2.56. The first kappa shape index (κ1) is 16.2. The van der Waals surface area contributed by atoms with Gasteiger partial charge in [0.1, 0.15) is 0 Å². The van der Waals surface area contributed by atoms with Crippen LogP contribution < -0.4 is 0 Å². The molecule has 0 unspecified atom stereocenters. The molecule has 0 saturated carbocycles. The van der Waals surface area contributed by atoms with Gasteiger partial charge in [-0.15, -0.1) is 5.10 Å². The van der Waals surface area contributed by atoms with Gasteiger partial charge in [0, 0.05) is 37.4 Å². The molecule has 2 aromatic heterocycles. The number of halogens is 1. The lowest BCUT2D eigenvalue weighted by molar-refractivity contribution is 0.0778. The fourth-order valence-electron chi connectivity index (χ4n) is 2.37. The molecule has 0 N–H and O–H groups in total. The van der Waals surface area contributed by atoms with E-state index in [1.807, 2.05) is 25.4 Å². The van der Waals surface area contributed by atoms with E-state index in [-0.39, 0.29) is 5.91 Å². The summed E-state index contributed by atoms with van der Waals surface area (Å²) in [5.41, 5.74) is 2.55. The van der Waals surface area contributed by atoms with Crippen molar-refractivity contribution in [3.63, 3.8) is 0 Å². The summed E-state index contributed by atoms with van der Waals surface area (Å²) in [5.74, 6) is -0.190. The normalized spacial score (nSPS) is 10.8. The quantitative estimate of drug-likeness (QED) is 0.727. The smallest absolute Gasteiger partial charge is 0.276 e. The van der Waals surface area contributed by atoms with Gasteiger partial charge in [-0.2, -0.15) is 15.0 Å². The molecule has 7 nitrogen and oxygen atoms in total. The highest BCUT2D eigenvalue weighted by atomic mass is 35.5. The Kier molecular flexibility index (Phi) is 4.35. The van der Waals surface area contributed by atoms with Crippen molar-refractivity contribution in [1.29, 1.82) is 0 Å². The van der Waals surface area contributed by atoms with E-state index in [0.29, 0.717) is 28.6 Å². The van der Waals surface area contributed by atoms with Gasteiger partial charge in [0.25, 0.3) is 5.91 Å². The third-order valence-electron chi connectivity index (χ3n) is 3.55. The van der Waals surface area contributed by atoms with Crippen LogP contribution in [0, 0.1) is 6.92 Å². The number of aromatic nitrogens is 5. The molecule has 0 bridgehead atoms. The van der Waals surface area contributed by atoms with Crippen LogP contribution in [-0.2, 0) is 13.6 Å². The monoisotopic (exact) mass is 344 g/mol. The van der Waals surface area contributed by atoms with E-state index in [9.17, 15) is 4.79 Å². The standard InChI is InChI=1S/C16H17ClN6O/c1-11-15(16(24)21(2)9-12-8-18-22(3)10-12)20-23(19-11)14-6-4-5-13(17)7-14/h4-8,10H,9H2,1-3H3. The third kappa shape index (κ3) is 3.30. The zero-order valence-electron chi connectivity index (χ0n) is 13.6. The molecule has 0 aliphatic heterocycles. The first-order valence-electron chi connectivity index (χ1n) is 7.37. The van der Waals surface area contributed by atoms with E-state index in [1.54, 1.807) is 41.9 Å². The molecule has 0 aliphatic carbocycles. The van der Waals surface area contributed by atoms with Gasteiger partial charge < -0.3 is 4.90 Å². The number of amides is 1. The van der Waals surface area contributed by atoms with Crippen molar-refractivity contribution in [2.24, 2.45) is 7.05 Å². The molecule has 8 heteroatoms. The maximum absolute atomic E-state index is 12.6. The van der Waals surface area contributed by atoms with Crippen LogP contribution in [0.15, 0.2) is 36.7 Å². The van der Waals surface area contributed by atoms with E-state index < -0.39 is 0 Å². The van der Waals surface area contributed by atoms with Gasteiger partial charge in [-0.05, 0) is 25.1 Å². The molecular weight excluding hydrogens is 328 g/mol. The Morgan fingerprint density at radius 2 is 2.12 bits per heavy atom. The van der Waals surface area contributed by atoms with Gasteiger partial charge in [-0.1, -0.05) is 17.7 Å². The summed E-state index contributed by atoms with van der Waals surface area (Å²) in [4.78, 5) is 15.7. The average molecular weight is 345 g/mol. The van der Waals surface area contributed by atoms with Crippen LogP contribution in [0.3, 0.4) is 0 Å². The second-order valence-corrected chi connectivity index (χ2v) is 6.02. The SMILES string of the molecule is Cc1nn(-c2cccc(Cl)c2)nc1C(=O)N(C)Cc1cnn(C)c1. The summed E-state index contributed by atoms with van der Waals surface area (Å²) < 4.78 is 1.70. The molecule has 1 aromatic carbocycles. The Morgan fingerprint density at radius 1 is 1.33 bits per heavy atom. The van der Waals surface area contributed by atoms with Gasteiger partial charge in [0.15, 0.2) is 5.69 Å². The highest BCUT2D eigenvalue weighted by molar-refractivity contribution is 6.30. The Bertz CT molecular complexity index is 884. The maximum Gasteiger partial charge on any atom is 0.276 e. The van der Waals surface area contributed by atoms with Crippen LogP contribution in [0.2, 0.25) is 5.02 Å². The van der Waals surface area contributed by atoms with Crippen molar-refractivity contribution in [3.05, 3.63) is 58.6 Å². The number of rotatable bonds is 4. The van der Waals surface area contributed by atoms with Crippen molar-refractivity contribution < 1.29 is 4.79 Å².